The van der Waals surface area contributed by atoms with Gasteiger partial charge in [0.1, 0.15) is 11.5 Å². The molecule has 2 aromatic carbocycles. The summed E-state index contributed by atoms with van der Waals surface area (Å²) in [5.41, 5.74) is 6.08. The molecule has 2 nitrogen and oxygen atoms in total. The van der Waals surface area contributed by atoms with Gasteiger partial charge in [-0.15, -0.1) is 0 Å². The zero-order chi connectivity index (χ0) is 18.2. The van der Waals surface area contributed by atoms with Gasteiger partial charge in [0.05, 0.1) is 0 Å². The van der Waals surface area contributed by atoms with E-state index in [1.54, 1.807) is 0 Å². The highest BCUT2D eigenvalue weighted by molar-refractivity contribution is 5.85. The van der Waals surface area contributed by atoms with Gasteiger partial charge < -0.3 is 10.2 Å². The standard InChI is InChI=1S/C22H28O2/c1-8-16-11-18(13(4)5)22(24)20(15(16)7)19-14(6)9-10-17(12(2)3)21(19)23/h8-13,23-24H,1H2,2-7H3. The lowest BCUT2D eigenvalue weighted by Gasteiger charge is -2.22. The summed E-state index contributed by atoms with van der Waals surface area (Å²) >= 11 is 0. The molecule has 0 aliphatic carbocycles. The molecular weight excluding hydrogens is 296 g/mol. The normalized spacial score (nSPS) is 11.3. The zero-order valence-corrected chi connectivity index (χ0v) is 15.6. The lowest BCUT2D eigenvalue weighted by Crippen LogP contribution is -1.99. The van der Waals surface area contributed by atoms with E-state index in [1.165, 1.54) is 0 Å². The Hall–Kier alpha value is -2.22. The Balaban J connectivity index is 2.94. The number of hydrogen-bond donors (Lipinski definition) is 2. The Kier molecular flexibility index (Phi) is 5.08. The maximum Gasteiger partial charge on any atom is 0.127 e. The predicted octanol–water partition coefficient (Wildman–Crippen LogP) is 6.27. The number of hydrogen-bond acceptors (Lipinski definition) is 2. The fraction of sp³-hybridized carbons (Fsp3) is 0.364. The third kappa shape index (κ3) is 2.93. The minimum Gasteiger partial charge on any atom is -0.507 e. The molecule has 0 saturated carbocycles. The highest BCUT2D eigenvalue weighted by atomic mass is 16.3. The molecule has 24 heavy (non-hydrogen) atoms. The minimum atomic E-state index is 0.179. The highest BCUT2D eigenvalue weighted by Crippen LogP contribution is 2.47. The Morgan fingerprint density at radius 2 is 1.42 bits per heavy atom. The summed E-state index contributed by atoms with van der Waals surface area (Å²) in [5.74, 6) is 0.907. The fourth-order valence-corrected chi connectivity index (χ4v) is 3.26. The van der Waals surface area contributed by atoms with Gasteiger partial charge in [-0.2, -0.15) is 0 Å². The Bertz CT molecular complexity index is 783. The molecule has 0 bridgehead atoms. The van der Waals surface area contributed by atoms with Crippen molar-refractivity contribution in [3.8, 4) is 22.6 Å². The van der Waals surface area contributed by atoms with Crippen molar-refractivity contribution in [3.63, 3.8) is 0 Å². The van der Waals surface area contributed by atoms with E-state index in [1.807, 2.05) is 38.1 Å². The molecule has 0 unspecified atom stereocenters. The molecule has 0 heterocycles. The minimum absolute atomic E-state index is 0.179. The molecule has 0 aliphatic heterocycles. The predicted molar refractivity (Wildman–Crippen MR) is 103 cm³/mol. The first-order valence-electron chi connectivity index (χ1n) is 8.52. The van der Waals surface area contributed by atoms with Gasteiger partial charge in [-0.05, 0) is 59.6 Å². The topological polar surface area (TPSA) is 40.5 Å². The second-order valence-corrected chi connectivity index (χ2v) is 7.11. The first-order valence-corrected chi connectivity index (χ1v) is 8.52. The van der Waals surface area contributed by atoms with Gasteiger partial charge in [-0.1, -0.05) is 52.5 Å². The molecule has 128 valence electrons. The Labute approximate surface area is 145 Å². The molecule has 0 saturated heterocycles. The van der Waals surface area contributed by atoms with Gasteiger partial charge >= 0.3 is 0 Å². The summed E-state index contributed by atoms with van der Waals surface area (Å²) in [7, 11) is 0. The van der Waals surface area contributed by atoms with Crippen LogP contribution in [0.1, 0.15) is 67.3 Å². The second kappa shape index (κ2) is 6.72. The summed E-state index contributed by atoms with van der Waals surface area (Å²) in [6.07, 6.45) is 1.81. The van der Waals surface area contributed by atoms with Crippen molar-refractivity contribution in [3.05, 3.63) is 52.6 Å². The van der Waals surface area contributed by atoms with Crippen molar-refractivity contribution in [2.75, 3.05) is 0 Å². The van der Waals surface area contributed by atoms with E-state index in [0.717, 1.165) is 33.4 Å². The van der Waals surface area contributed by atoms with Crippen molar-refractivity contribution in [1.82, 2.24) is 0 Å². The molecule has 0 spiro atoms. The van der Waals surface area contributed by atoms with Crippen molar-refractivity contribution in [2.45, 2.75) is 53.4 Å². The van der Waals surface area contributed by atoms with Gasteiger partial charge in [0, 0.05) is 11.1 Å². The summed E-state index contributed by atoms with van der Waals surface area (Å²) in [6.45, 7) is 16.1. The van der Waals surface area contributed by atoms with Crippen LogP contribution in [0.25, 0.3) is 17.2 Å². The van der Waals surface area contributed by atoms with E-state index >= 15 is 0 Å². The number of phenolic OH excluding ortho intramolecular Hbond substituents is 2. The average molecular weight is 324 g/mol. The molecule has 2 rings (SSSR count). The molecule has 0 fully saturated rings. The van der Waals surface area contributed by atoms with Crippen LogP contribution in [0.3, 0.4) is 0 Å². The highest BCUT2D eigenvalue weighted by Gasteiger charge is 2.23. The molecule has 0 radical (unpaired) electrons. The van der Waals surface area contributed by atoms with Crippen LogP contribution in [-0.2, 0) is 0 Å². The number of rotatable bonds is 4. The van der Waals surface area contributed by atoms with Crippen LogP contribution in [0.15, 0.2) is 24.8 Å². The van der Waals surface area contributed by atoms with Crippen LogP contribution in [0.2, 0.25) is 0 Å². The van der Waals surface area contributed by atoms with E-state index in [2.05, 4.69) is 34.3 Å². The van der Waals surface area contributed by atoms with Crippen molar-refractivity contribution >= 4 is 6.08 Å². The summed E-state index contributed by atoms with van der Waals surface area (Å²) < 4.78 is 0. The molecule has 2 N–H and O–H groups in total. The number of aromatic hydroxyl groups is 2. The molecule has 0 atom stereocenters. The van der Waals surface area contributed by atoms with E-state index in [-0.39, 0.29) is 23.3 Å². The second-order valence-electron chi connectivity index (χ2n) is 7.11. The van der Waals surface area contributed by atoms with Crippen LogP contribution >= 0.6 is 0 Å². The van der Waals surface area contributed by atoms with Gasteiger partial charge in [0.15, 0.2) is 0 Å². The largest absolute Gasteiger partial charge is 0.507 e. The Morgan fingerprint density at radius 3 is 1.92 bits per heavy atom. The van der Waals surface area contributed by atoms with Gasteiger partial charge in [-0.3, -0.25) is 0 Å². The van der Waals surface area contributed by atoms with Gasteiger partial charge in [0.25, 0.3) is 0 Å². The number of aryl methyl sites for hydroxylation is 1. The quantitative estimate of drug-likeness (QED) is 0.695. The third-order valence-electron chi connectivity index (χ3n) is 4.76. The van der Waals surface area contributed by atoms with Crippen LogP contribution in [0.5, 0.6) is 11.5 Å². The van der Waals surface area contributed by atoms with Gasteiger partial charge in [-0.25, -0.2) is 0 Å². The molecule has 0 amide bonds. The summed E-state index contributed by atoms with van der Waals surface area (Å²) in [6, 6.07) is 5.97. The summed E-state index contributed by atoms with van der Waals surface area (Å²) in [4.78, 5) is 0. The molecule has 2 heteroatoms. The maximum absolute atomic E-state index is 10.9. The van der Waals surface area contributed by atoms with Crippen LogP contribution in [-0.4, -0.2) is 10.2 Å². The van der Waals surface area contributed by atoms with Crippen molar-refractivity contribution in [2.24, 2.45) is 0 Å². The first kappa shape index (κ1) is 18.1. The summed E-state index contributed by atoms with van der Waals surface area (Å²) in [5, 5.41) is 21.8. The number of benzene rings is 2. The lowest BCUT2D eigenvalue weighted by atomic mass is 9.85. The van der Waals surface area contributed by atoms with Crippen molar-refractivity contribution < 1.29 is 10.2 Å². The fourth-order valence-electron chi connectivity index (χ4n) is 3.26. The Morgan fingerprint density at radius 1 is 0.875 bits per heavy atom. The molecule has 0 aliphatic rings. The average Bonchev–Trinajstić information content (AvgIpc) is 2.49. The number of phenols is 2. The molecular formula is C22H28O2. The van der Waals surface area contributed by atoms with E-state index in [0.29, 0.717) is 5.56 Å². The molecule has 2 aromatic rings. The van der Waals surface area contributed by atoms with Gasteiger partial charge in [0.2, 0.25) is 0 Å². The van der Waals surface area contributed by atoms with E-state index < -0.39 is 0 Å². The van der Waals surface area contributed by atoms with Crippen molar-refractivity contribution in [1.29, 1.82) is 0 Å². The van der Waals surface area contributed by atoms with Crippen LogP contribution in [0.4, 0.5) is 0 Å². The van der Waals surface area contributed by atoms with E-state index in [9.17, 15) is 10.2 Å². The van der Waals surface area contributed by atoms with Crippen LogP contribution in [0, 0.1) is 13.8 Å². The SMILES string of the molecule is C=Cc1cc(C(C)C)c(O)c(-c2c(C)ccc(C(C)C)c2O)c1C. The van der Waals surface area contributed by atoms with E-state index in [4.69, 9.17) is 0 Å². The lowest BCUT2D eigenvalue weighted by molar-refractivity contribution is 0.458. The first-order chi connectivity index (χ1) is 11.2. The third-order valence-corrected chi connectivity index (χ3v) is 4.76. The molecule has 0 aromatic heterocycles. The maximum atomic E-state index is 10.9. The monoisotopic (exact) mass is 324 g/mol. The van der Waals surface area contributed by atoms with Crippen LogP contribution < -0.4 is 0 Å². The smallest absolute Gasteiger partial charge is 0.127 e. The zero-order valence-electron chi connectivity index (χ0n) is 15.6.